The smallest absolute Gasteiger partial charge is 0.273 e. The van der Waals surface area contributed by atoms with E-state index < -0.39 is 0 Å². The lowest BCUT2D eigenvalue weighted by atomic mass is 9.87. The number of nitrogens with one attached hydrogen (secondary N) is 2. The predicted octanol–water partition coefficient (Wildman–Crippen LogP) is 4.63. The number of hydrogen-bond acceptors (Lipinski definition) is 6. The number of anilines is 1. The van der Waals surface area contributed by atoms with Crippen molar-refractivity contribution in [2.24, 2.45) is 0 Å². The summed E-state index contributed by atoms with van der Waals surface area (Å²) in [6.07, 6.45) is 0.870. The Bertz CT molecular complexity index is 1230. The van der Waals surface area contributed by atoms with Gasteiger partial charge < -0.3 is 24.9 Å². The molecule has 202 valence electrons. The van der Waals surface area contributed by atoms with Gasteiger partial charge in [-0.15, -0.1) is 0 Å². The zero-order valence-corrected chi connectivity index (χ0v) is 23.1. The van der Waals surface area contributed by atoms with E-state index in [4.69, 9.17) is 4.42 Å². The van der Waals surface area contributed by atoms with E-state index in [1.807, 2.05) is 24.3 Å². The van der Waals surface area contributed by atoms with Crippen LogP contribution >= 0.6 is 0 Å². The molecule has 0 saturated carbocycles. The zero-order chi connectivity index (χ0) is 27.3. The largest absolute Gasteiger partial charge is 0.435 e. The summed E-state index contributed by atoms with van der Waals surface area (Å²) in [4.78, 5) is 34.1. The first-order valence-corrected chi connectivity index (χ1v) is 13.3. The van der Waals surface area contributed by atoms with Crippen molar-refractivity contribution in [1.82, 2.24) is 20.1 Å². The SMILES string of the molecule is CC(=O)Nc1ccc(-c2oc(-c3ccc(C(C)(C)C)cc3)nc2C(=O)NCCCN2CCN(C)CC2)cc1. The quantitative estimate of drug-likeness (QED) is 0.424. The van der Waals surface area contributed by atoms with Crippen molar-refractivity contribution in [2.45, 2.75) is 39.5 Å². The molecule has 4 rings (SSSR count). The lowest BCUT2D eigenvalue weighted by Crippen LogP contribution is -2.45. The second-order valence-electron chi connectivity index (χ2n) is 11.0. The first-order chi connectivity index (χ1) is 18.1. The van der Waals surface area contributed by atoms with Gasteiger partial charge in [-0.3, -0.25) is 9.59 Å². The fourth-order valence-electron chi connectivity index (χ4n) is 4.47. The van der Waals surface area contributed by atoms with Gasteiger partial charge in [0.25, 0.3) is 5.91 Å². The van der Waals surface area contributed by atoms with Crippen LogP contribution in [0, 0.1) is 0 Å². The number of piperazine rings is 1. The number of rotatable bonds is 8. The van der Waals surface area contributed by atoms with Gasteiger partial charge in [-0.25, -0.2) is 4.98 Å². The van der Waals surface area contributed by atoms with Crippen molar-refractivity contribution in [3.8, 4) is 22.8 Å². The molecule has 8 nitrogen and oxygen atoms in total. The minimum absolute atomic E-state index is 0.0328. The summed E-state index contributed by atoms with van der Waals surface area (Å²) >= 11 is 0. The second kappa shape index (κ2) is 11.9. The topological polar surface area (TPSA) is 90.7 Å². The summed E-state index contributed by atoms with van der Waals surface area (Å²) in [5, 5.41) is 5.80. The molecule has 8 heteroatoms. The van der Waals surface area contributed by atoms with Crippen LogP contribution in [0.4, 0.5) is 5.69 Å². The zero-order valence-electron chi connectivity index (χ0n) is 23.1. The number of hydrogen-bond donors (Lipinski definition) is 2. The van der Waals surface area contributed by atoms with E-state index in [1.54, 1.807) is 12.1 Å². The molecule has 2 aromatic carbocycles. The molecule has 1 aliphatic heterocycles. The standard InChI is InChI=1S/C30H39N5O3/c1-21(36)32-25-13-9-22(10-14-25)27-26(28(37)31-15-6-16-35-19-17-34(5)18-20-35)33-29(38-27)23-7-11-24(12-8-23)30(2,3)4/h7-14H,6,15-20H2,1-5H3,(H,31,37)(H,32,36). The highest BCUT2D eigenvalue weighted by molar-refractivity contribution is 5.98. The number of nitrogens with zero attached hydrogens (tertiary/aromatic N) is 3. The molecule has 1 aliphatic rings. The van der Waals surface area contributed by atoms with E-state index in [-0.39, 0.29) is 22.9 Å². The Balaban J connectivity index is 1.52. The van der Waals surface area contributed by atoms with Gasteiger partial charge in [-0.2, -0.15) is 0 Å². The highest BCUT2D eigenvalue weighted by atomic mass is 16.4. The number of oxazole rings is 1. The summed E-state index contributed by atoms with van der Waals surface area (Å²) in [5.74, 6) is 0.403. The van der Waals surface area contributed by atoms with Crippen LogP contribution in [0.3, 0.4) is 0 Å². The van der Waals surface area contributed by atoms with Gasteiger partial charge in [0.15, 0.2) is 11.5 Å². The Hall–Kier alpha value is -3.49. The maximum absolute atomic E-state index is 13.3. The van der Waals surface area contributed by atoms with Crippen LogP contribution < -0.4 is 10.6 Å². The molecular weight excluding hydrogens is 478 g/mol. The summed E-state index contributed by atoms with van der Waals surface area (Å²) < 4.78 is 6.19. The normalized spacial score (nSPS) is 14.9. The van der Waals surface area contributed by atoms with Crippen LogP contribution in [0.1, 0.15) is 50.2 Å². The fourth-order valence-corrected chi connectivity index (χ4v) is 4.47. The van der Waals surface area contributed by atoms with Crippen molar-refractivity contribution < 1.29 is 14.0 Å². The summed E-state index contributed by atoms with van der Waals surface area (Å²) in [7, 11) is 2.15. The van der Waals surface area contributed by atoms with Crippen molar-refractivity contribution in [3.05, 3.63) is 59.8 Å². The Kier molecular flexibility index (Phi) is 8.64. The number of carbonyl (C=O) groups excluding carboxylic acids is 2. The summed E-state index contributed by atoms with van der Waals surface area (Å²) in [6.45, 7) is 13.8. The first kappa shape index (κ1) is 27.5. The average molecular weight is 518 g/mol. The van der Waals surface area contributed by atoms with Gasteiger partial charge in [0.2, 0.25) is 11.8 Å². The molecule has 38 heavy (non-hydrogen) atoms. The van der Waals surface area contributed by atoms with E-state index >= 15 is 0 Å². The van der Waals surface area contributed by atoms with Crippen LogP contribution in [0.5, 0.6) is 0 Å². The van der Waals surface area contributed by atoms with Crippen LogP contribution in [-0.2, 0) is 10.2 Å². The van der Waals surface area contributed by atoms with Gasteiger partial charge in [0, 0.05) is 56.5 Å². The number of carbonyl (C=O) groups is 2. The average Bonchev–Trinajstić information content (AvgIpc) is 3.33. The molecule has 3 aromatic rings. The Morgan fingerprint density at radius 1 is 0.947 bits per heavy atom. The van der Waals surface area contributed by atoms with Gasteiger partial charge >= 0.3 is 0 Å². The third-order valence-corrected chi connectivity index (χ3v) is 6.84. The fraction of sp³-hybridized carbons (Fsp3) is 0.433. The van der Waals surface area contributed by atoms with E-state index in [1.165, 1.54) is 12.5 Å². The Morgan fingerprint density at radius 3 is 2.18 bits per heavy atom. The van der Waals surface area contributed by atoms with E-state index in [0.29, 0.717) is 29.4 Å². The van der Waals surface area contributed by atoms with Crippen LogP contribution in [0.2, 0.25) is 0 Å². The predicted molar refractivity (Wildman–Crippen MR) is 151 cm³/mol. The molecule has 0 unspecified atom stereocenters. The summed E-state index contributed by atoms with van der Waals surface area (Å²) in [5.41, 5.74) is 3.70. The first-order valence-electron chi connectivity index (χ1n) is 13.3. The highest BCUT2D eigenvalue weighted by Crippen LogP contribution is 2.32. The maximum Gasteiger partial charge on any atom is 0.273 e. The van der Waals surface area contributed by atoms with Gasteiger partial charge in [-0.05, 0) is 67.4 Å². The molecule has 1 saturated heterocycles. The van der Waals surface area contributed by atoms with Crippen LogP contribution in [0.15, 0.2) is 52.9 Å². The van der Waals surface area contributed by atoms with E-state index in [9.17, 15) is 9.59 Å². The summed E-state index contributed by atoms with van der Waals surface area (Å²) in [6, 6.07) is 15.3. The van der Waals surface area contributed by atoms with Crippen molar-refractivity contribution >= 4 is 17.5 Å². The van der Waals surface area contributed by atoms with E-state index in [0.717, 1.165) is 44.7 Å². The molecule has 0 spiro atoms. The molecule has 1 aromatic heterocycles. The lowest BCUT2D eigenvalue weighted by molar-refractivity contribution is -0.114. The molecule has 2 heterocycles. The number of amides is 2. The van der Waals surface area contributed by atoms with Crippen molar-refractivity contribution in [3.63, 3.8) is 0 Å². The number of benzene rings is 2. The molecule has 0 bridgehead atoms. The maximum atomic E-state index is 13.3. The van der Waals surface area contributed by atoms with Crippen LogP contribution in [0.25, 0.3) is 22.8 Å². The van der Waals surface area contributed by atoms with Crippen LogP contribution in [-0.4, -0.2) is 72.9 Å². The minimum Gasteiger partial charge on any atom is -0.435 e. The molecule has 2 amide bonds. The number of likely N-dealkylation sites (N-methyl/N-ethyl adjacent to an activating group) is 1. The van der Waals surface area contributed by atoms with Gasteiger partial charge in [0.1, 0.15) is 0 Å². The highest BCUT2D eigenvalue weighted by Gasteiger charge is 2.23. The molecule has 0 aliphatic carbocycles. The monoisotopic (exact) mass is 517 g/mol. The molecule has 1 fully saturated rings. The van der Waals surface area contributed by atoms with Crippen molar-refractivity contribution in [2.75, 3.05) is 51.6 Å². The van der Waals surface area contributed by atoms with Gasteiger partial charge in [0.05, 0.1) is 0 Å². The third-order valence-electron chi connectivity index (χ3n) is 6.84. The lowest BCUT2D eigenvalue weighted by Gasteiger charge is -2.32. The molecule has 0 atom stereocenters. The van der Waals surface area contributed by atoms with E-state index in [2.05, 4.69) is 65.4 Å². The molecule has 0 radical (unpaired) electrons. The molecule has 2 N–H and O–H groups in total. The third kappa shape index (κ3) is 7.08. The van der Waals surface area contributed by atoms with Crippen molar-refractivity contribution in [1.29, 1.82) is 0 Å². The minimum atomic E-state index is -0.259. The molecular formula is C30H39N5O3. The Morgan fingerprint density at radius 2 is 1.58 bits per heavy atom. The number of aromatic nitrogens is 1. The Labute approximate surface area is 225 Å². The second-order valence-corrected chi connectivity index (χ2v) is 11.0. The van der Waals surface area contributed by atoms with Gasteiger partial charge in [-0.1, -0.05) is 32.9 Å².